The fourth-order valence-electron chi connectivity index (χ4n) is 4.15. The average molecular weight is 417 g/mol. The highest BCUT2D eigenvalue weighted by Crippen LogP contribution is 2.20. The van der Waals surface area contributed by atoms with Gasteiger partial charge in [-0.1, -0.05) is 0 Å². The molecule has 0 aromatic carbocycles. The standard InChI is InChI=1S/C18H28N6O.2ClH/c25-17(24-11-5-15(14-24)22-12-7-19-8-13-22)16-4-6-20-18(21-16)23-9-2-1-3-10-23;;/h4,6,15,19H,1-3,5,7-14H2;2*1H. The first-order valence-corrected chi connectivity index (χ1v) is 9.63. The molecule has 1 aromatic rings. The lowest BCUT2D eigenvalue weighted by molar-refractivity contribution is 0.0767. The van der Waals surface area contributed by atoms with E-state index >= 15 is 0 Å². The number of likely N-dealkylation sites (tertiary alicyclic amines) is 1. The van der Waals surface area contributed by atoms with E-state index in [0.29, 0.717) is 17.7 Å². The highest BCUT2D eigenvalue weighted by Gasteiger charge is 2.32. The van der Waals surface area contributed by atoms with Crippen molar-refractivity contribution in [2.75, 3.05) is 57.3 Å². The zero-order chi connectivity index (χ0) is 17.1. The smallest absolute Gasteiger partial charge is 0.272 e. The lowest BCUT2D eigenvalue weighted by Crippen LogP contribution is -2.49. The molecule has 4 heterocycles. The Morgan fingerprint density at radius 2 is 1.78 bits per heavy atom. The fraction of sp³-hybridized carbons (Fsp3) is 0.722. The van der Waals surface area contributed by atoms with Crippen LogP contribution in [-0.4, -0.2) is 84.1 Å². The summed E-state index contributed by atoms with van der Waals surface area (Å²) in [6.45, 7) is 7.90. The monoisotopic (exact) mass is 416 g/mol. The molecule has 1 unspecified atom stereocenters. The van der Waals surface area contributed by atoms with E-state index in [0.717, 1.165) is 58.8 Å². The SMILES string of the molecule is Cl.Cl.O=C(c1ccnc(N2CCCCC2)n1)N1CCC(N2CCNCC2)C1. The summed E-state index contributed by atoms with van der Waals surface area (Å²) in [5.41, 5.74) is 0.538. The molecule has 0 radical (unpaired) electrons. The Hall–Kier alpha value is -1.15. The van der Waals surface area contributed by atoms with Gasteiger partial charge in [-0.05, 0) is 31.7 Å². The quantitative estimate of drug-likeness (QED) is 0.803. The number of carbonyl (C=O) groups is 1. The Balaban J connectivity index is 0.00000131. The minimum absolute atomic E-state index is 0. The number of nitrogens with one attached hydrogen (secondary N) is 1. The lowest BCUT2D eigenvalue weighted by Gasteiger charge is -2.32. The highest BCUT2D eigenvalue weighted by molar-refractivity contribution is 5.92. The number of piperidine rings is 1. The van der Waals surface area contributed by atoms with Crippen molar-refractivity contribution in [3.8, 4) is 0 Å². The van der Waals surface area contributed by atoms with E-state index in [-0.39, 0.29) is 30.7 Å². The third kappa shape index (κ3) is 5.22. The van der Waals surface area contributed by atoms with Gasteiger partial charge in [-0.25, -0.2) is 9.97 Å². The van der Waals surface area contributed by atoms with Crippen molar-refractivity contribution >= 4 is 36.7 Å². The van der Waals surface area contributed by atoms with Crippen molar-refractivity contribution in [1.29, 1.82) is 0 Å². The van der Waals surface area contributed by atoms with Crippen LogP contribution in [0.3, 0.4) is 0 Å². The molecule has 1 N–H and O–H groups in total. The van der Waals surface area contributed by atoms with Crippen molar-refractivity contribution in [3.05, 3.63) is 18.0 Å². The van der Waals surface area contributed by atoms with Gasteiger partial charge in [0.1, 0.15) is 5.69 Å². The van der Waals surface area contributed by atoms with Crippen molar-refractivity contribution in [2.24, 2.45) is 0 Å². The molecule has 3 fully saturated rings. The number of halogens is 2. The van der Waals surface area contributed by atoms with E-state index in [1.54, 1.807) is 12.3 Å². The van der Waals surface area contributed by atoms with E-state index in [4.69, 9.17) is 0 Å². The van der Waals surface area contributed by atoms with Crippen molar-refractivity contribution in [1.82, 2.24) is 25.1 Å². The molecule has 0 aliphatic carbocycles. The zero-order valence-electron chi connectivity index (χ0n) is 15.7. The maximum absolute atomic E-state index is 12.9. The number of nitrogens with zero attached hydrogens (tertiary/aromatic N) is 5. The van der Waals surface area contributed by atoms with Crippen LogP contribution >= 0.6 is 24.8 Å². The first-order valence-electron chi connectivity index (χ1n) is 9.63. The van der Waals surface area contributed by atoms with Crippen LogP contribution in [0.25, 0.3) is 0 Å². The molecule has 3 aliphatic heterocycles. The van der Waals surface area contributed by atoms with Gasteiger partial charge in [0, 0.05) is 64.6 Å². The van der Waals surface area contributed by atoms with Crippen LogP contribution in [0.15, 0.2) is 12.3 Å². The maximum atomic E-state index is 12.9. The molecule has 7 nitrogen and oxygen atoms in total. The van der Waals surface area contributed by atoms with Gasteiger partial charge in [0.2, 0.25) is 5.95 Å². The molecule has 0 saturated carbocycles. The highest BCUT2D eigenvalue weighted by atomic mass is 35.5. The van der Waals surface area contributed by atoms with Gasteiger partial charge in [-0.2, -0.15) is 0 Å². The fourth-order valence-corrected chi connectivity index (χ4v) is 4.15. The van der Waals surface area contributed by atoms with Crippen LogP contribution in [0, 0.1) is 0 Å². The number of carbonyl (C=O) groups excluding carboxylic acids is 1. The van der Waals surface area contributed by atoms with Gasteiger partial charge in [-0.3, -0.25) is 9.69 Å². The van der Waals surface area contributed by atoms with Crippen molar-refractivity contribution < 1.29 is 4.79 Å². The Morgan fingerprint density at radius 1 is 1.04 bits per heavy atom. The summed E-state index contributed by atoms with van der Waals surface area (Å²) >= 11 is 0. The summed E-state index contributed by atoms with van der Waals surface area (Å²) in [6, 6.07) is 2.25. The van der Waals surface area contributed by atoms with Gasteiger partial charge < -0.3 is 15.1 Å². The molecule has 3 saturated heterocycles. The molecule has 152 valence electrons. The zero-order valence-corrected chi connectivity index (χ0v) is 17.3. The predicted molar refractivity (Wildman–Crippen MR) is 111 cm³/mol. The van der Waals surface area contributed by atoms with Crippen molar-refractivity contribution in [2.45, 2.75) is 31.7 Å². The second kappa shape index (κ2) is 10.4. The van der Waals surface area contributed by atoms with E-state index in [2.05, 4.69) is 25.1 Å². The first-order chi connectivity index (χ1) is 12.3. The van der Waals surface area contributed by atoms with Crippen molar-refractivity contribution in [3.63, 3.8) is 0 Å². The third-order valence-electron chi connectivity index (χ3n) is 5.62. The summed E-state index contributed by atoms with van der Waals surface area (Å²) in [5, 5.41) is 3.39. The van der Waals surface area contributed by atoms with Crippen LogP contribution in [-0.2, 0) is 0 Å². The second-order valence-electron chi connectivity index (χ2n) is 7.27. The van der Waals surface area contributed by atoms with Crippen LogP contribution in [0.1, 0.15) is 36.2 Å². The molecular formula is C18H30Cl2N6O. The van der Waals surface area contributed by atoms with E-state index in [1.807, 2.05) is 4.90 Å². The van der Waals surface area contributed by atoms with E-state index in [1.165, 1.54) is 19.3 Å². The minimum Gasteiger partial charge on any atom is -0.341 e. The molecule has 9 heteroatoms. The van der Waals surface area contributed by atoms with Crippen LogP contribution in [0.2, 0.25) is 0 Å². The Labute approximate surface area is 173 Å². The van der Waals surface area contributed by atoms with Crippen LogP contribution < -0.4 is 10.2 Å². The van der Waals surface area contributed by atoms with E-state index < -0.39 is 0 Å². The predicted octanol–water partition coefficient (Wildman–Crippen LogP) is 1.43. The normalized spacial score (nSPS) is 23.5. The number of piperazine rings is 1. The number of amides is 1. The second-order valence-corrected chi connectivity index (χ2v) is 7.27. The molecule has 0 spiro atoms. The first kappa shape index (κ1) is 22.1. The molecule has 1 aromatic heterocycles. The Morgan fingerprint density at radius 3 is 2.52 bits per heavy atom. The van der Waals surface area contributed by atoms with Crippen LogP contribution in [0.4, 0.5) is 5.95 Å². The van der Waals surface area contributed by atoms with Gasteiger partial charge in [-0.15, -0.1) is 24.8 Å². The number of rotatable bonds is 3. The van der Waals surface area contributed by atoms with Crippen LogP contribution in [0.5, 0.6) is 0 Å². The largest absolute Gasteiger partial charge is 0.341 e. The number of anilines is 1. The summed E-state index contributed by atoms with van der Waals surface area (Å²) in [4.78, 5) is 28.6. The number of hydrogen-bond acceptors (Lipinski definition) is 6. The number of aromatic nitrogens is 2. The minimum atomic E-state index is 0. The molecule has 3 aliphatic rings. The summed E-state index contributed by atoms with van der Waals surface area (Å²) < 4.78 is 0. The molecular weight excluding hydrogens is 387 g/mol. The third-order valence-corrected chi connectivity index (χ3v) is 5.62. The Bertz CT molecular complexity index is 607. The lowest BCUT2D eigenvalue weighted by atomic mass is 10.1. The Kier molecular flexibility index (Phi) is 8.54. The van der Waals surface area contributed by atoms with Gasteiger partial charge >= 0.3 is 0 Å². The van der Waals surface area contributed by atoms with Gasteiger partial charge in [0.25, 0.3) is 5.91 Å². The molecule has 0 bridgehead atoms. The summed E-state index contributed by atoms with van der Waals surface area (Å²) in [7, 11) is 0. The van der Waals surface area contributed by atoms with Gasteiger partial charge in [0.15, 0.2) is 0 Å². The number of hydrogen-bond donors (Lipinski definition) is 1. The molecule has 27 heavy (non-hydrogen) atoms. The molecule has 1 amide bonds. The molecule has 1 atom stereocenters. The summed E-state index contributed by atoms with van der Waals surface area (Å²) in [6.07, 6.45) is 6.43. The topological polar surface area (TPSA) is 64.6 Å². The average Bonchev–Trinajstić information content (AvgIpc) is 3.19. The summed E-state index contributed by atoms with van der Waals surface area (Å²) in [5.74, 6) is 0.765. The molecule has 4 rings (SSSR count). The van der Waals surface area contributed by atoms with E-state index in [9.17, 15) is 4.79 Å². The maximum Gasteiger partial charge on any atom is 0.272 e. The van der Waals surface area contributed by atoms with Gasteiger partial charge in [0.05, 0.1) is 0 Å².